The van der Waals surface area contributed by atoms with Gasteiger partial charge in [-0.2, -0.15) is 0 Å². The first-order chi connectivity index (χ1) is 12.4. The van der Waals surface area contributed by atoms with Gasteiger partial charge < -0.3 is 4.84 Å². The molecule has 0 radical (unpaired) electrons. The molecule has 2 atom stereocenters. The molecule has 1 saturated heterocycles. The number of anilines is 1. The molecule has 0 aromatic heterocycles. The van der Waals surface area contributed by atoms with Crippen molar-refractivity contribution in [3.63, 3.8) is 0 Å². The summed E-state index contributed by atoms with van der Waals surface area (Å²) < 4.78 is 0. The van der Waals surface area contributed by atoms with Crippen LogP contribution in [-0.2, 0) is 14.4 Å². The highest BCUT2D eigenvalue weighted by Gasteiger charge is 2.56. The molecule has 0 saturated carbocycles. The molecule has 2 heterocycles. The molecule has 0 unspecified atom stereocenters. The average molecular weight is 430 g/mol. The first-order valence-corrected chi connectivity index (χ1v) is 8.91. The van der Waals surface area contributed by atoms with Crippen LogP contribution < -0.4 is 4.90 Å². The number of carbonyl (C=O) groups excluding carboxylic acids is 2. The predicted molar refractivity (Wildman–Crippen MR) is 100 cm³/mol. The van der Waals surface area contributed by atoms with Crippen LogP contribution in [0.5, 0.6) is 0 Å². The van der Waals surface area contributed by atoms with Crippen molar-refractivity contribution < 1.29 is 14.4 Å². The summed E-state index contributed by atoms with van der Waals surface area (Å²) in [5.41, 5.74) is 1.00. The molecule has 0 spiro atoms. The summed E-state index contributed by atoms with van der Waals surface area (Å²) in [7, 11) is 0. The summed E-state index contributed by atoms with van der Waals surface area (Å²) in [5.74, 6) is -1.95. The van der Waals surface area contributed by atoms with Crippen molar-refractivity contribution in [1.29, 1.82) is 0 Å². The smallest absolute Gasteiger partial charge is 0.279 e. The lowest BCUT2D eigenvalue weighted by Crippen LogP contribution is -2.33. The number of halogens is 4. The van der Waals surface area contributed by atoms with Gasteiger partial charge in [-0.05, 0) is 30.3 Å². The van der Waals surface area contributed by atoms with Crippen molar-refractivity contribution in [2.24, 2.45) is 11.1 Å². The van der Waals surface area contributed by atoms with E-state index in [1.807, 2.05) is 0 Å². The zero-order valence-electron chi connectivity index (χ0n) is 12.7. The average Bonchev–Trinajstić information content (AvgIpc) is 3.10. The van der Waals surface area contributed by atoms with E-state index in [0.717, 1.165) is 4.90 Å². The molecule has 26 heavy (non-hydrogen) atoms. The van der Waals surface area contributed by atoms with Crippen LogP contribution in [0.15, 0.2) is 41.6 Å². The number of imide groups is 1. The fourth-order valence-electron chi connectivity index (χ4n) is 3.00. The summed E-state index contributed by atoms with van der Waals surface area (Å²) in [6.07, 6.45) is -1.06. The van der Waals surface area contributed by atoms with Crippen LogP contribution in [0.3, 0.4) is 0 Å². The summed E-state index contributed by atoms with van der Waals surface area (Å²) in [6.45, 7) is 0. The molecule has 2 amide bonds. The Labute approximate surface area is 168 Å². The third-order valence-corrected chi connectivity index (χ3v) is 5.26. The highest BCUT2D eigenvalue weighted by Crippen LogP contribution is 2.39. The number of carbonyl (C=O) groups is 2. The number of hydrogen-bond donors (Lipinski definition) is 0. The molecule has 2 aromatic carbocycles. The van der Waals surface area contributed by atoms with E-state index < -0.39 is 23.8 Å². The van der Waals surface area contributed by atoms with Crippen LogP contribution in [0.1, 0.15) is 5.56 Å². The van der Waals surface area contributed by atoms with E-state index in [0.29, 0.717) is 20.6 Å². The molecule has 132 valence electrons. The van der Waals surface area contributed by atoms with Gasteiger partial charge in [-0.3, -0.25) is 9.59 Å². The van der Waals surface area contributed by atoms with Crippen molar-refractivity contribution in [2.75, 3.05) is 4.90 Å². The van der Waals surface area contributed by atoms with Gasteiger partial charge in [0, 0.05) is 15.6 Å². The predicted octanol–water partition coefficient (Wildman–Crippen LogP) is 4.59. The molecule has 2 aliphatic heterocycles. The van der Waals surface area contributed by atoms with E-state index in [-0.39, 0.29) is 16.4 Å². The highest BCUT2D eigenvalue weighted by atomic mass is 35.5. The van der Waals surface area contributed by atoms with Crippen molar-refractivity contribution in [3.05, 3.63) is 62.1 Å². The van der Waals surface area contributed by atoms with Gasteiger partial charge in [0.25, 0.3) is 5.91 Å². The molecule has 0 aliphatic carbocycles. The van der Waals surface area contributed by atoms with E-state index in [4.69, 9.17) is 51.2 Å². The second kappa shape index (κ2) is 6.43. The fraction of sp³-hybridized carbons (Fsp3) is 0.118. The number of rotatable bonds is 2. The number of amides is 2. The van der Waals surface area contributed by atoms with Gasteiger partial charge in [-0.15, -0.1) is 0 Å². The molecule has 5 nitrogen and oxygen atoms in total. The Bertz CT molecular complexity index is 992. The minimum Gasteiger partial charge on any atom is -0.381 e. The van der Waals surface area contributed by atoms with Gasteiger partial charge in [-0.25, -0.2) is 4.90 Å². The lowest BCUT2D eigenvalue weighted by atomic mass is 9.94. The second-order valence-electron chi connectivity index (χ2n) is 5.71. The number of benzene rings is 2. The van der Waals surface area contributed by atoms with E-state index in [2.05, 4.69) is 5.16 Å². The minimum atomic E-state index is -1.06. The van der Waals surface area contributed by atoms with Crippen LogP contribution in [0, 0.1) is 5.92 Å². The number of fused-ring (bicyclic) bond motifs is 1. The lowest BCUT2D eigenvalue weighted by Gasteiger charge is -2.17. The Morgan fingerprint density at radius 3 is 2.19 bits per heavy atom. The standard InChI is InChI=1S/C17H8Cl4N2O3/c18-7-1-3-9(10(20)5-7)14-13-15(26-22-14)17(25)23(16(13)24)12-4-2-8(19)6-11(12)21/h1-6,13,15H/t13-,15+/m0/s1. The SMILES string of the molecule is O=C1[C@H]2C(c3ccc(Cl)cc3Cl)=NO[C@H]2C(=O)N1c1ccc(Cl)cc1Cl. The summed E-state index contributed by atoms with van der Waals surface area (Å²) in [5, 5.41) is 5.24. The van der Waals surface area contributed by atoms with E-state index >= 15 is 0 Å². The molecule has 0 bridgehead atoms. The third kappa shape index (κ3) is 2.67. The van der Waals surface area contributed by atoms with Gasteiger partial charge in [0.15, 0.2) is 0 Å². The Hall–Kier alpha value is -1.79. The Morgan fingerprint density at radius 2 is 1.54 bits per heavy atom. The van der Waals surface area contributed by atoms with Crippen molar-refractivity contribution in [1.82, 2.24) is 0 Å². The summed E-state index contributed by atoms with van der Waals surface area (Å²) in [6, 6.07) is 9.29. The molecule has 9 heteroatoms. The molecular formula is C17H8Cl4N2O3. The van der Waals surface area contributed by atoms with Crippen molar-refractivity contribution in [2.45, 2.75) is 6.10 Å². The van der Waals surface area contributed by atoms with E-state index in [9.17, 15) is 9.59 Å². The highest BCUT2D eigenvalue weighted by molar-refractivity contribution is 6.41. The van der Waals surface area contributed by atoms with Crippen LogP contribution in [0.25, 0.3) is 0 Å². The monoisotopic (exact) mass is 428 g/mol. The Balaban J connectivity index is 1.74. The van der Waals surface area contributed by atoms with Gasteiger partial charge in [0.1, 0.15) is 11.6 Å². The van der Waals surface area contributed by atoms with Crippen LogP contribution >= 0.6 is 46.4 Å². The lowest BCUT2D eigenvalue weighted by molar-refractivity contribution is -0.126. The molecule has 1 fully saturated rings. The van der Waals surface area contributed by atoms with Crippen LogP contribution in [0.4, 0.5) is 5.69 Å². The minimum absolute atomic E-state index is 0.183. The van der Waals surface area contributed by atoms with Crippen molar-refractivity contribution in [3.8, 4) is 0 Å². The van der Waals surface area contributed by atoms with E-state index in [1.165, 1.54) is 18.2 Å². The summed E-state index contributed by atoms with van der Waals surface area (Å²) in [4.78, 5) is 31.9. The molecular weight excluding hydrogens is 422 g/mol. The van der Waals surface area contributed by atoms with Crippen molar-refractivity contribution >= 4 is 69.6 Å². The zero-order valence-corrected chi connectivity index (χ0v) is 15.8. The van der Waals surface area contributed by atoms with Crippen LogP contribution in [0.2, 0.25) is 20.1 Å². The van der Waals surface area contributed by atoms with Gasteiger partial charge in [0.05, 0.1) is 15.7 Å². The maximum absolute atomic E-state index is 13.0. The van der Waals surface area contributed by atoms with Gasteiger partial charge >= 0.3 is 0 Å². The van der Waals surface area contributed by atoms with E-state index in [1.54, 1.807) is 18.2 Å². The molecule has 2 aliphatic rings. The topological polar surface area (TPSA) is 59.0 Å². The quantitative estimate of drug-likeness (QED) is 0.655. The number of hydrogen-bond acceptors (Lipinski definition) is 4. The maximum atomic E-state index is 13.0. The molecule has 2 aromatic rings. The number of oxime groups is 1. The fourth-order valence-corrected chi connectivity index (χ4v) is 4.00. The Kier molecular flexibility index (Phi) is 4.35. The molecule has 4 rings (SSSR count). The second-order valence-corrected chi connectivity index (χ2v) is 7.40. The van der Waals surface area contributed by atoms with Gasteiger partial charge in [-0.1, -0.05) is 57.6 Å². The van der Waals surface area contributed by atoms with Gasteiger partial charge in [0.2, 0.25) is 12.0 Å². The molecule has 0 N–H and O–H groups in total. The maximum Gasteiger partial charge on any atom is 0.279 e. The largest absolute Gasteiger partial charge is 0.381 e. The Morgan fingerprint density at radius 1 is 0.885 bits per heavy atom. The van der Waals surface area contributed by atoms with Crippen LogP contribution in [-0.4, -0.2) is 23.6 Å². The first kappa shape index (κ1) is 17.6. The zero-order chi connectivity index (χ0) is 18.6. The third-order valence-electron chi connectivity index (χ3n) is 4.17. The number of nitrogens with zero attached hydrogens (tertiary/aromatic N) is 2. The first-order valence-electron chi connectivity index (χ1n) is 7.40. The normalized spacial score (nSPS) is 21.7. The summed E-state index contributed by atoms with van der Waals surface area (Å²) >= 11 is 24.2.